The maximum Gasteiger partial charge on any atom is 0.255 e. The smallest absolute Gasteiger partial charge is 0.255 e. The number of hydrogen-bond acceptors (Lipinski definition) is 3. The van der Waals surface area contributed by atoms with Crippen LogP contribution in [0.1, 0.15) is 10.4 Å². The highest BCUT2D eigenvalue weighted by Crippen LogP contribution is 2.29. The molecule has 0 saturated heterocycles. The third-order valence-electron chi connectivity index (χ3n) is 3.87. The Balaban J connectivity index is 1.51. The molecule has 1 aliphatic rings. The lowest BCUT2D eigenvalue weighted by molar-refractivity contribution is 0.102. The van der Waals surface area contributed by atoms with Gasteiger partial charge in [-0.2, -0.15) is 0 Å². The van der Waals surface area contributed by atoms with Crippen molar-refractivity contribution in [2.45, 2.75) is 11.7 Å². The number of carbonyl (C=O) groups excluding carboxylic acids is 1. The number of rotatable bonds is 3. The van der Waals surface area contributed by atoms with Crippen LogP contribution in [0.2, 0.25) is 10.0 Å². The van der Waals surface area contributed by atoms with Crippen LogP contribution in [0.15, 0.2) is 53.8 Å². The summed E-state index contributed by atoms with van der Waals surface area (Å²) in [6.45, 7) is 1.00. The second kappa shape index (κ2) is 6.75. The standard InChI is InChI=1S/C18H13Cl2N3OS/c19-13-7-12(8-14(20)9-13)17(24)21-15-3-1-11(2-4-15)16-10-23-5-6-25-18(23)22-16/h1-4,7-10H,5-6H2,(H,21,24). The van der Waals surface area contributed by atoms with Crippen LogP contribution in [0.3, 0.4) is 0 Å². The molecule has 0 unspecified atom stereocenters. The molecule has 1 N–H and O–H groups in total. The van der Waals surface area contributed by atoms with E-state index in [1.54, 1.807) is 30.0 Å². The summed E-state index contributed by atoms with van der Waals surface area (Å²) in [6.07, 6.45) is 2.07. The third kappa shape index (κ3) is 3.54. The maximum atomic E-state index is 12.3. The van der Waals surface area contributed by atoms with Crippen molar-refractivity contribution in [3.05, 3.63) is 64.3 Å². The summed E-state index contributed by atoms with van der Waals surface area (Å²) in [5.41, 5.74) is 3.09. The number of hydrogen-bond donors (Lipinski definition) is 1. The van der Waals surface area contributed by atoms with E-state index in [-0.39, 0.29) is 5.91 Å². The molecule has 0 bridgehead atoms. The van der Waals surface area contributed by atoms with Gasteiger partial charge in [-0.05, 0) is 30.3 Å². The normalized spacial score (nSPS) is 12.9. The van der Waals surface area contributed by atoms with E-state index >= 15 is 0 Å². The molecule has 0 aliphatic carbocycles. The number of benzene rings is 2. The number of carbonyl (C=O) groups is 1. The number of nitrogens with one attached hydrogen (secondary N) is 1. The van der Waals surface area contributed by atoms with E-state index in [1.807, 2.05) is 24.3 Å². The van der Waals surface area contributed by atoms with Crippen molar-refractivity contribution < 1.29 is 4.79 Å². The summed E-state index contributed by atoms with van der Waals surface area (Å²) in [4.78, 5) is 16.9. The molecule has 0 saturated carbocycles. The Hall–Kier alpha value is -1.95. The zero-order valence-corrected chi connectivity index (χ0v) is 15.3. The minimum atomic E-state index is -0.255. The molecule has 0 spiro atoms. The highest BCUT2D eigenvalue weighted by Gasteiger charge is 2.15. The van der Waals surface area contributed by atoms with Gasteiger partial charge in [-0.3, -0.25) is 4.79 Å². The number of halogens is 2. The van der Waals surface area contributed by atoms with Gasteiger partial charge in [0.2, 0.25) is 0 Å². The molecule has 3 aromatic rings. The van der Waals surface area contributed by atoms with Crippen molar-refractivity contribution in [3.63, 3.8) is 0 Å². The van der Waals surface area contributed by atoms with E-state index in [1.165, 1.54) is 0 Å². The Morgan fingerprint density at radius 2 is 1.84 bits per heavy atom. The Labute approximate surface area is 159 Å². The number of fused-ring (bicyclic) bond motifs is 1. The summed E-state index contributed by atoms with van der Waals surface area (Å²) in [6, 6.07) is 12.4. The predicted octanol–water partition coefficient (Wildman–Crippen LogP) is 5.21. The van der Waals surface area contributed by atoms with Gasteiger partial charge in [0, 0.05) is 45.4 Å². The van der Waals surface area contributed by atoms with Gasteiger partial charge in [0.05, 0.1) is 5.69 Å². The number of anilines is 1. The monoisotopic (exact) mass is 389 g/mol. The molecule has 126 valence electrons. The summed E-state index contributed by atoms with van der Waals surface area (Å²) in [5.74, 6) is 0.829. The Kier molecular flexibility index (Phi) is 4.46. The van der Waals surface area contributed by atoms with E-state index in [0.717, 1.165) is 28.7 Å². The largest absolute Gasteiger partial charge is 0.325 e. The molecule has 7 heteroatoms. The van der Waals surface area contributed by atoms with Crippen LogP contribution in [0.25, 0.3) is 11.3 Å². The SMILES string of the molecule is O=C(Nc1ccc(-c2cn3c(n2)SCC3)cc1)c1cc(Cl)cc(Cl)c1. The van der Waals surface area contributed by atoms with Crippen molar-refractivity contribution in [1.29, 1.82) is 0 Å². The lowest BCUT2D eigenvalue weighted by Crippen LogP contribution is -2.11. The molecule has 4 rings (SSSR count). The van der Waals surface area contributed by atoms with Gasteiger partial charge >= 0.3 is 0 Å². The van der Waals surface area contributed by atoms with Gasteiger partial charge in [0.1, 0.15) is 0 Å². The van der Waals surface area contributed by atoms with Crippen LogP contribution in [0.4, 0.5) is 5.69 Å². The minimum absolute atomic E-state index is 0.255. The zero-order chi connectivity index (χ0) is 17.4. The Bertz CT molecular complexity index is 912. The molecule has 1 amide bonds. The quantitative estimate of drug-likeness (QED) is 0.668. The summed E-state index contributed by atoms with van der Waals surface area (Å²) < 4.78 is 2.17. The van der Waals surface area contributed by atoms with Crippen LogP contribution in [-0.4, -0.2) is 21.2 Å². The second-order valence-electron chi connectivity index (χ2n) is 5.64. The van der Waals surface area contributed by atoms with Crippen molar-refractivity contribution >= 4 is 46.6 Å². The van der Waals surface area contributed by atoms with E-state index in [9.17, 15) is 4.79 Å². The number of nitrogens with zero attached hydrogens (tertiary/aromatic N) is 2. The highest BCUT2D eigenvalue weighted by molar-refractivity contribution is 7.99. The Morgan fingerprint density at radius 3 is 2.52 bits per heavy atom. The van der Waals surface area contributed by atoms with Gasteiger partial charge in [-0.15, -0.1) is 0 Å². The molecule has 0 radical (unpaired) electrons. The fraction of sp³-hybridized carbons (Fsp3) is 0.111. The summed E-state index contributed by atoms with van der Waals surface area (Å²) in [5, 5.41) is 4.76. The fourth-order valence-electron chi connectivity index (χ4n) is 2.66. The zero-order valence-electron chi connectivity index (χ0n) is 13.0. The van der Waals surface area contributed by atoms with Crippen LogP contribution >= 0.6 is 35.0 Å². The molecular weight excluding hydrogens is 377 g/mol. The van der Waals surface area contributed by atoms with Crippen molar-refractivity contribution in [3.8, 4) is 11.3 Å². The minimum Gasteiger partial charge on any atom is -0.325 e. The molecular formula is C18H13Cl2N3OS. The molecule has 4 nitrogen and oxygen atoms in total. The molecule has 0 atom stereocenters. The molecule has 2 aromatic carbocycles. The van der Waals surface area contributed by atoms with Gasteiger partial charge in [-0.25, -0.2) is 4.98 Å². The molecule has 1 aromatic heterocycles. The molecule has 1 aliphatic heterocycles. The first kappa shape index (κ1) is 16.5. The molecule has 25 heavy (non-hydrogen) atoms. The first-order chi connectivity index (χ1) is 12.1. The van der Waals surface area contributed by atoms with E-state index in [0.29, 0.717) is 21.3 Å². The second-order valence-corrected chi connectivity index (χ2v) is 7.58. The number of thioether (sulfide) groups is 1. The van der Waals surface area contributed by atoms with Crippen LogP contribution < -0.4 is 5.32 Å². The topological polar surface area (TPSA) is 46.9 Å². The summed E-state index contributed by atoms with van der Waals surface area (Å²) in [7, 11) is 0. The van der Waals surface area contributed by atoms with Crippen molar-refractivity contribution in [2.24, 2.45) is 0 Å². The number of aryl methyl sites for hydroxylation is 1. The highest BCUT2D eigenvalue weighted by atomic mass is 35.5. The average Bonchev–Trinajstić information content (AvgIpc) is 3.16. The van der Waals surface area contributed by atoms with E-state index < -0.39 is 0 Å². The lowest BCUT2D eigenvalue weighted by Gasteiger charge is -2.07. The van der Waals surface area contributed by atoms with Gasteiger partial charge < -0.3 is 9.88 Å². The van der Waals surface area contributed by atoms with Crippen LogP contribution in [0.5, 0.6) is 0 Å². The van der Waals surface area contributed by atoms with Crippen LogP contribution in [-0.2, 0) is 6.54 Å². The molecule has 2 heterocycles. The van der Waals surface area contributed by atoms with Gasteiger partial charge in [0.15, 0.2) is 5.16 Å². The first-order valence-corrected chi connectivity index (χ1v) is 9.40. The van der Waals surface area contributed by atoms with Crippen molar-refractivity contribution in [2.75, 3.05) is 11.1 Å². The van der Waals surface area contributed by atoms with Crippen molar-refractivity contribution in [1.82, 2.24) is 9.55 Å². The fourth-order valence-corrected chi connectivity index (χ4v) is 4.13. The number of imidazole rings is 1. The van der Waals surface area contributed by atoms with E-state index in [4.69, 9.17) is 23.2 Å². The van der Waals surface area contributed by atoms with Gasteiger partial charge in [0.25, 0.3) is 5.91 Å². The Morgan fingerprint density at radius 1 is 1.12 bits per heavy atom. The third-order valence-corrected chi connectivity index (χ3v) is 5.27. The number of aromatic nitrogens is 2. The lowest BCUT2D eigenvalue weighted by atomic mass is 10.1. The first-order valence-electron chi connectivity index (χ1n) is 7.66. The predicted molar refractivity (Wildman–Crippen MR) is 103 cm³/mol. The number of amides is 1. The molecule has 0 fully saturated rings. The maximum absolute atomic E-state index is 12.3. The summed E-state index contributed by atoms with van der Waals surface area (Å²) >= 11 is 13.7. The van der Waals surface area contributed by atoms with Gasteiger partial charge in [-0.1, -0.05) is 47.1 Å². The van der Waals surface area contributed by atoms with Crippen LogP contribution in [0, 0.1) is 0 Å². The van der Waals surface area contributed by atoms with E-state index in [2.05, 4.69) is 21.1 Å². The average molecular weight is 390 g/mol.